The van der Waals surface area contributed by atoms with Crippen LogP contribution in [0.3, 0.4) is 0 Å². The first kappa shape index (κ1) is 16.9. The molecule has 0 saturated carbocycles. The molecular weight excluding hydrogens is 274 g/mol. The standard InChI is InChI=1S/C14H21N3O4/c1-3-10(4-5-12(18)19)6-8-15-11-7-9-16-13(17-11)14(20)21-2/h7,9-10H,3-6,8H2,1-2H3,(H,18,19)(H,15,16,17). The molecule has 2 N–H and O–H groups in total. The third kappa shape index (κ3) is 6.20. The number of nitrogens with zero attached hydrogens (tertiary/aromatic N) is 2. The second kappa shape index (κ2) is 8.89. The van der Waals surface area contributed by atoms with Crippen LogP contribution >= 0.6 is 0 Å². The molecule has 1 aromatic heterocycles. The van der Waals surface area contributed by atoms with E-state index in [0.717, 1.165) is 12.8 Å². The Morgan fingerprint density at radius 2 is 2.19 bits per heavy atom. The maximum atomic E-state index is 11.3. The summed E-state index contributed by atoms with van der Waals surface area (Å²) in [5.41, 5.74) is 0. The van der Waals surface area contributed by atoms with Gasteiger partial charge in [0.15, 0.2) is 0 Å². The summed E-state index contributed by atoms with van der Waals surface area (Å²) < 4.78 is 4.56. The topological polar surface area (TPSA) is 101 Å². The van der Waals surface area contributed by atoms with Gasteiger partial charge in [-0.3, -0.25) is 4.79 Å². The van der Waals surface area contributed by atoms with Gasteiger partial charge in [0.05, 0.1) is 7.11 Å². The van der Waals surface area contributed by atoms with Crippen molar-refractivity contribution in [1.82, 2.24) is 9.97 Å². The fourth-order valence-corrected chi connectivity index (χ4v) is 1.93. The highest BCUT2D eigenvalue weighted by Crippen LogP contribution is 2.15. The van der Waals surface area contributed by atoms with Gasteiger partial charge in [0, 0.05) is 19.2 Å². The van der Waals surface area contributed by atoms with Crippen molar-refractivity contribution in [3.8, 4) is 0 Å². The van der Waals surface area contributed by atoms with Gasteiger partial charge in [0.1, 0.15) is 5.82 Å². The quantitative estimate of drug-likeness (QED) is 0.671. The van der Waals surface area contributed by atoms with Gasteiger partial charge in [0.25, 0.3) is 0 Å². The van der Waals surface area contributed by atoms with Gasteiger partial charge in [0.2, 0.25) is 5.82 Å². The van der Waals surface area contributed by atoms with Crippen molar-refractivity contribution in [2.45, 2.75) is 32.6 Å². The molecule has 7 heteroatoms. The van der Waals surface area contributed by atoms with Gasteiger partial charge in [-0.25, -0.2) is 14.8 Å². The van der Waals surface area contributed by atoms with E-state index in [2.05, 4.69) is 20.0 Å². The highest BCUT2D eigenvalue weighted by molar-refractivity contribution is 5.85. The van der Waals surface area contributed by atoms with Gasteiger partial charge in [-0.05, 0) is 24.8 Å². The molecule has 0 aliphatic heterocycles. The summed E-state index contributed by atoms with van der Waals surface area (Å²) in [6, 6.07) is 1.67. The normalized spacial score (nSPS) is 11.7. The van der Waals surface area contributed by atoms with E-state index >= 15 is 0 Å². The summed E-state index contributed by atoms with van der Waals surface area (Å²) >= 11 is 0. The number of aromatic nitrogens is 2. The number of carboxylic acids is 1. The van der Waals surface area contributed by atoms with E-state index in [4.69, 9.17) is 5.11 Å². The molecule has 0 radical (unpaired) electrons. The zero-order chi connectivity index (χ0) is 15.7. The lowest BCUT2D eigenvalue weighted by Gasteiger charge is -2.14. The first-order valence-electron chi connectivity index (χ1n) is 6.93. The van der Waals surface area contributed by atoms with Gasteiger partial charge < -0.3 is 15.2 Å². The lowest BCUT2D eigenvalue weighted by Crippen LogP contribution is -2.13. The van der Waals surface area contributed by atoms with Crippen LogP contribution in [0.25, 0.3) is 0 Å². The van der Waals surface area contributed by atoms with E-state index < -0.39 is 11.9 Å². The molecule has 0 amide bonds. The van der Waals surface area contributed by atoms with Crippen LogP contribution in [-0.2, 0) is 9.53 Å². The lowest BCUT2D eigenvalue weighted by atomic mass is 9.97. The van der Waals surface area contributed by atoms with Crippen molar-refractivity contribution in [2.24, 2.45) is 5.92 Å². The third-order valence-electron chi connectivity index (χ3n) is 3.23. The Morgan fingerprint density at radius 3 is 2.81 bits per heavy atom. The molecule has 7 nitrogen and oxygen atoms in total. The Kier molecular flexibility index (Phi) is 7.14. The van der Waals surface area contributed by atoms with Crippen LogP contribution in [0.15, 0.2) is 12.3 Å². The average molecular weight is 295 g/mol. The molecule has 1 atom stereocenters. The monoisotopic (exact) mass is 295 g/mol. The van der Waals surface area contributed by atoms with Crippen LogP contribution in [0.2, 0.25) is 0 Å². The van der Waals surface area contributed by atoms with E-state index in [1.807, 2.05) is 6.92 Å². The zero-order valence-electron chi connectivity index (χ0n) is 12.3. The van der Waals surface area contributed by atoms with Gasteiger partial charge in [-0.2, -0.15) is 0 Å². The number of hydrogen-bond acceptors (Lipinski definition) is 6. The molecule has 1 unspecified atom stereocenters. The van der Waals surface area contributed by atoms with Crippen molar-refractivity contribution < 1.29 is 19.4 Å². The maximum absolute atomic E-state index is 11.3. The molecule has 0 bridgehead atoms. The maximum Gasteiger partial charge on any atom is 0.376 e. The number of hydrogen-bond donors (Lipinski definition) is 2. The summed E-state index contributed by atoms with van der Waals surface area (Å²) in [5.74, 6) is -0.416. The SMILES string of the molecule is CCC(CCNc1ccnc(C(=O)OC)n1)CCC(=O)O. The van der Waals surface area contributed by atoms with Gasteiger partial charge in [-0.1, -0.05) is 13.3 Å². The minimum atomic E-state index is -0.764. The molecule has 0 aliphatic rings. The number of ether oxygens (including phenoxy) is 1. The molecule has 1 aromatic rings. The fourth-order valence-electron chi connectivity index (χ4n) is 1.93. The Bertz CT molecular complexity index is 479. The van der Waals surface area contributed by atoms with Crippen molar-refractivity contribution in [3.63, 3.8) is 0 Å². The summed E-state index contributed by atoms with van der Waals surface area (Å²) in [6.07, 6.45) is 4.14. The number of carbonyl (C=O) groups is 2. The summed E-state index contributed by atoms with van der Waals surface area (Å²) in [4.78, 5) is 29.8. The second-order valence-corrected chi connectivity index (χ2v) is 4.68. The fraction of sp³-hybridized carbons (Fsp3) is 0.571. The number of aliphatic carboxylic acids is 1. The molecule has 0 aromatic carbocycles. The number of anilines is 1. The highest BCUT2D eigenvalue weighted by Gasteiger charge is 2.11. The van der Waals surface area contributed by atoms with Crippen LogP contribution in [-0.4, -0.2) is 40.7 Å². The molecule has 0 saturated heterocycles. The molecule has 0 spiro atoms. The van der Waals surface area contributed by atoms with Crippen LogP contribution in [0.1, 0.15) is 43.2 Å². The largest absolute Gasteiger partial charge is 0.481 e. The first-order chi connectivity index (χ1) is 10.1. The van der Waals surface area contributed by atoms with Crippen molar-refractivity contribution >= 4 is 17.8 Å². The predicted octanol–water partition coefficient (Wildman–Crippen LogP) is 1.96. The summed E-state index contributed by atoms with van der Waals surface area (Å²) in [7, 11) is 1.28. The first-order valence-corrected chi connectivity index (χ1v) is 6.93. The van der Waals surface area contributed by atoms with E-state index in [-0.39, 0.29) is 12.2 Å². The number of carbonyl (C=O) groups excluding carboxylic acids is 1. The average Bonchev–Trinajstić information content (AvgIpc) is 2.49. The number of nitrogens with one attached hydrogen (secondary N) is 1. The molecule has 116 valence electrons. The number of methoxy groups -OCH3 is 1. The molecule has 0 fully saturated rings. The summed E-state index contributed by atoms with van der Waals surface area (Å²) in [6.45, 7) is 2.71. The Morgan fingerprint density at radius 1 is 1.43 bits per heavy atom. The van der Waals surface area contributed by atoms with E-state index in [0.29, 0.717) is 24.7 Å². The predicted molar refractivity (Wildman–Crippen MR) is 77.1 cm³/mol. The Hall–Kier alpha value is -2.18. The number of rotatable bonds is 9. The number of esters is 1. The van der Waals surface area contributed by atoms with E-state index in [9.17, 15) is 9.59 Å². The van der Waals surface area contributed by atoms with Gasteiger partial charge in [-0.15, -0.1) is 0 Å². The van der Waals surface area contributed by atoms with Crippen molar-refractivity contribution in [2.75, 3.05) is 19.0 Å². The summed E-state index contributed by atoms with van der Waals surface area (Å²) in [5, 5.41) is 11.8. The van der Waals surface area contributed by atoms with Crippen LogP contribution in [0.5, 0.6) is 0 Å². The number of carboxylic acid groups (broad SMARTS) is 1. The van der Waals surface area contributed by atoms with Crippen molar-refractivity contribution in [3.05, 3.63) is 18.1 Å². The highest BCUT2D eigenvalue weighted by atomic mass is 16.5. The van der Waals surface area contributed by atoms with Crippen LogP contribution in [0.4, 0.5) is 5.82 Å². The van der Waals surface area contributed by atoms with E-state index in [1.54, 1.807) is 6.07 Å². The second-order valence-electron chi connectivity index (χ2n) is 4.68. The van der Waals surface area contributed by atoms with Crippen molar-refractivity contribution in [1.29, 1.82) is 0 Å². The third-order valence-corrected chi connectivity index (χ3v) is 3.23. The minimum absolute atomic E-state index is 0.0143. The molecule has 1 heterocycles. The Labute approximate surface area is 123 Å². The molecule has 1 rings (SSSR count). The molecule has 0 aliphatic carbocycles. The lowest BCUT2D eigenvalue weighted by molar-refractivity contribution is -0.137. The van der Waals surface area contributed by atoms with E-state index in [1.165, 1.54) is 13.3 Å². The zero-order valence-corrected chi connectivity index (χ0v) is 12.3. The Balaban J connectivity index is 2.44. The smallest absolute Gasteiger partial charge is 0.376 e. The van der Waals surface area contributed by atoms with Crippen LogP contribution < -0.4 is 5.32 Å². The van der Waals surface area contributed by atoms with Crippen LogP contribution in [0, 0.1) is 5.92 Å². The minimum Gasteiger partial charge on any atom is -0.481 e. The molecule has 21 heavy (non-hydrogen) atoms. The van der Waals surface area contributed by atoms with Gasteiger partial charge >= 0.3 is 11.9 Å². The molecular formula is C14H21N3O4.